The first-order valence-corrected chi connectivity index (χ1v) is 11.2. The molecule has 1 aromatic heterocycles. The number of aromatic nitrogens is 2. The average molecular weight is 536 g/mol. The standard InChI is InChI=1S/C20H11ClF5N3O5S/c1-33-17-11(21)2-8-3-15(17)35(31,32)29-14-4-10(12(22)5-13(14)23)16-9(7-34-18(8)30)6-27-19(28-16)20(24,25)26/h2-6,29H,7H2,1H3. The van der Waals surface area contributed by atoms with Crippen molar-refractivity contribution in [3.05, 3.63) is 64.1 Å². The number of anilines is 1. The van der Waals surface area contributed by atoms with E-state index in [1.54, 1.807) is 0 Å². The predicted molar refractivity (Wildman–Crippen MR) is 110 cm³/mol. The molecule has 0 unspecified atom stereocenters. The monoisotopic (exact) mass is 535 g/mol. The zero-order valence-electron chi connectivity index (χ0n) is 17.2. The second kappa shape index (κ2) is 8.61. The van der Waals surface area contributed by atoms with Crippen LogP contribution in [0.5, 0.6) is 5.75 Å². The summed E-state index contributed by atoms with van der Waals surface area (Å²) < 4.78 is 107. The van der Waals surface area contributed by atoms with Crippen LogP contribution in [0.15, 0.2) is 35.4 Å². The average Bonchev–Trinajstić information content (AvgIpc) is 2.77. The van der Waals surface area contributed by atoms with Gasteiger partial charge in [0.05, 0.1) is 29.1 Å². The van der Waals surface area contributed by atoms with Crippen LogP contribution < -0.4 is 9.46 Å². The third-order valence-corrected chi connectivity index (χ3v) is 6.42. The van der Waals surface area contributed by atoms with Crippen LogP contribution in [0, 0.1) is 11.6 Å². The van der Waals surface area contributed by atoms with Gasteiger partial charge in [-0.05, 0) is 18.2 Å². The molecule has 0 radical (unpaired) electrons. The molecule has 15 heteroatoms. The van der Waals surface area contributed by atoms with E-state index >= 15 is 0 Å². The molecule has 35 heavy (non-hydrogen) atoms. The van der Waals surface area contributed by atoms with Crippen molar-refractivity contribution in [1.29, 1.82) is 0 Å². The summed E-state index contributed by atoms with van der Waals surface area (Å²) in [6.07, 6.45) is -4.36. The number of hydrogen-bond donors (Lipinski definition) is 1. The maximum absolute atomic E-state index is 14.7. The van der Waals surface area contributed by atoms with Gasteiger partial charge in [0.2, 0.25) is 5.82 Å². The highest BCUT2D eigenvalue weighted by Crippen LogP contribution is 2.37. The van der Waals surface area contributed by atoms with Crippen LogP contribution in [0.2, 0.25) is 5.02 Å². The summed E-state index contributed by atoms with van der Waals surface area (Å²) in [6, 6.07) is 2.76. The lowest BCUT2D eigenvalue weighted by molar-refractivity contribution is -0.144. The van der Waals surface area contributed by atoms with Crippen LogP contribution in [0.4, 0.5) is 27.6 Å². The van der Waals surface area contributed by atoms with Crippen LogP contribution in [-0.4, -0.2) is 31.5 Å². The number of esters is 1. The first kappa shape index (κ1) is 24.6. The summed E-state index contributed by atoms with van der Waals surface area (Å²) in [7, 11) is -3.64. The molecule has 0 saturated carbocycles. The van der Waals surface area contributed by atoms with Gasteiger partial charge < -0.3 is 9.47 Å². The van der Waals surface area contributed by atoms with Gasteiger partial charge in [-0.15, -0.1) is 0 Å². The van der Waals surface area contributed by atoms with Crippen LogP contribution in [-0.2, 0) is 27.5 Å². The normalized spacial score (nSPS) is 15.0. The number of nitrogens with one attached hydrogen (secondary N) is 1. The first-order chi connectivity index (χ1) is 16.3. The summed E-state index contributed by atoms with van der Waals surface area (Å²) in [5, 5.41) is -0.309. The number of methoxy groups -OCH3 is 1. The maximum Gasteiger partial charge on any atom is 0.451 e. The minimum atomic E-state index is -5.03. The Morgan fingerprint density at radius 3 is 2.51 bits per heavy atom. The highest BCUT2D eigenvalue weighted by molar-refractivity contribution is 7.92. The number of ether oxygens (including phenoxy) is 2. The molecule has 4 rings (SSSR count). The van der Waals surface area contributed by atoms with Crippen molar-refractivity contribution < 1.29 is 44.6 Å². The molecule has 0 spiro atoms. The van der Waals surface area contributed by atoms with Gasteiger partial charge in [-0.1, -0.05) is 11.6 Å². The lowest BCUT2D eigenvalue weighted by Gasteiger charge is -2.15. The van der Waals surface area contributed by atoms with E-state index in [1.165, 1.54) is 0 Å². The van der Waals surface area contributed by atoms with E-state index in [0.29, 0.717) is 12.3 Å². The minimum absolute atomic E-state index is 0.263. The Labute approximate surface area is 198 Å². The van der Waals surface area contributed by atoms with E-state index in [1.807, 2.05) is 4.72 Å². The van der Waals surface area contributed by atoms with Gasteiger partial charge >= 0.3 is 12.1 Å². The fourth-order valence-corrected chi connectivity index (χ4v) is 4.83. The van der Waals surface area contributed by atoms with Gasteiger partial charge in [0, 0.05) is 23.4 Å². The van der Waals surface area contributed by atoms with Crippen LogP contribution in [0.25, 0.3) is 11.3 Å². The van der Waals surface area contributed by atoms with Crippen molar-refractivity contribution in [3.8, 4) is 17.0 Å². The molecule has 1 aliphatic heterocycles. The van der Waals surface area contributed by atoms with Crippen molar-refractivity contribution in [2.45, 2.75) is 17.7 Å². The Morgan fingerprint density at radius 1 is 1.14 bits per heavy atom. The smallest absolute Gasteiger partial charge is 0.451 e. The van der Waals surface area contributed by atoms with Crippen molar-refractivity contribution in [1.82, 2.24) is 9.97 Å². The molecule has 3 aromatic rings. The second-order valence-corrected chi connectivity index (χ2v) is 9.11. The van der Waals surface area contributed by atoms with Gasteiger partial charge in [0.15, 0.2) is 5.75 Å². The van der Waals surface area contributed by atoms with Gasteiger partial charge in [0.1, 0.15) is 23.1 Å². The summed E-state index contributed by atoms with van der Waals surface area (Å²) in [4.78, 5) is 18.4. The molecule has 8 nitrogen and oxygen atoms in total. The number of alkyl halides is 3. The number of fused-ring (bicyclic) bond motifs is 6. The molecule has 4 bridgehead atoms. The molecule has 0 fully saturated rings. The quantitative estimate of drug-likeness (QED) is 0.359. The van der Waals surface area contributed by atoms with Crippen molar-refractivity contribution in [3.63, 3.8) is 0 Å². The number of nitrogens with zero attached hydrogens (tertiary/aromatic N) is 2. The maximum atomic E-state index is 14.7. The van der Waals surface area contributed by atoms with E-state index in [2.05, 4.69) is 9.97 Å². The minimum Gasteiger partial charge on any atom is -0.494 e. The Hall–Kier alpha value is -3.52. The Morgan fingerprint density at radius 2 is 1.86 bits per heavy atom. The zero-order chi connectivity index (χ0) is 25.7. The lowest BCUT2D eigenvalue weighted by atomic mass is 10.1. The number of carbonyl (C=O) groups is 1. The molecule has 0 aliphatic carbocycles. The molecule has 0 atom stereocenters. The molecular weight excluding hydrogens is 525 g/mol. The number of sulfonamides is 1. The molecular formula is C20H11ClF5N3O5S. The number of carbonyl (C=O) groups excluding carboxylic acids is 1. The Bertz CT molecular complexity index is 1480. The molecule has 0 amide bonds. The molecule has 184 valence electrons. The summed E-state index contributed by atoms with van der Waals surface area (Å²) >= 11 is 6.05. The van der Waals surface area contributed by atoms with Crippen LogP contribution in [0.1, 0.15) is 21.7 Å². The van der Waals surface area contributed by atoms with Crippen LogP contribution in [0.3, 0.4) is 0 Å². The molecule has 2 heterocycles. The van der Waals surface area contributed by atoms with Gasteiger partial charge in [-0.2, -0.15) is 13.2 Å². The van der Waals surface area contributed by atoms with Crippen molar-refractivity contribution in [2.75, 3.05) is 11.8 Å². The number of hydrogen-bond acceptors (Lipinski definition) is 7. The molecule has 1 N–H and O–H groups in total. The number of cyclic esters (lactones) is 1. The van der Waals surface area contributed by atoms with E-state index in [9.17, 15) is 35.2 Å². The Kier molecular flexibility index (Phi) is 6.05. The SMILES string of the molecule is COc1c(Cl)cc2cc1S(=O)(=O)Nc1cc(c(F)cc1F)-c1nc(C(F)(F)F)ncc1COC2=O. The highest BCUT2D eigenvalue weighted by atomic mass is 35.5. The third kappa shape index (κ3) is 4.58. The van der Waals surface area contributed by atoms with E-state index < -0.39 is 73.8 Å². The molecule has 0 saturated heterocycles. The largest absolute Gasteiger partial charge is 0.494 e. The Balaban J connectivity index is 2.02. The lowest BCUT2D eigenvalue weighted by Crippen LogP contribution is -2.16. The molecule has 2 aromatic carbocycles. The second-order valence-electron chi connectivity index (χ2n) is 7.05. The van der Waals surface area contributed by atoms with Crippen molar-refractivity contribution >= 4 is 33.3 Å². The summed E-state index contributed by atoms with van der Waals surface area (Å²) in [5.74, 6) is -5.92. The number of halogens is 6. The van der Waals surface area contributed by atoms with Gasteiger partial charge in [-0.25, -0.2) is 32.0 Å². The van der Waals surface area contributed by atoms with E-state index in [0.717, 1.165) is 19.2 Å². The highest BCUT2D eigenvalue weighted by Gasteiger charge is 2.36. The van der Waals surface area contributed by atoms with Gasteiger partial charge in [-0.3, -0.25) is 4.72 Å². The third-order valence-electron chi connectivity index (χ3n) is 4.77. The van der Waals surface area contributed by atoms with Crippen molar-refractivity contribution in [2.24, 2.45) is 0 Å². The summed E-state index contributed by atoms with van der Waals surface area (Å²) in [6.45, 7) is -0.738. The van der Waals surface area contributed by atoms with E-state index in [-0.39, 0.29) is 22.2 Å². The first-order valence-electron chi connectivity index (χ1n) is 9.32. The molecule has 1 aliphatic rings. The topological polar surface area (TPSA) is 107 Å². The predicted octanol–water partition coefficient (Wildman–Crippen LogP) is 4.57. The number of rotatable bonds is 1. The summed E-state index contributed by atoms with van der Waals surface area (Å²) in [5.41, 5.74) is -2.87. The van der Waals surface area contributed by atoms with Crippen LogP contribution >= 0.6 is 11.6 Å². The fraction of sp³-hybridized carbons (Fsp3) is 0.150. The zero-order valence-corrected chi connectivity index (χ0v) is 18.8. The fourth-order valence-electron chi connectivity index (χ4n) is 3.20. The number of benzene rings is 2. The van der Waals surface area contributed by atoms with E-state index in [4.69, 9.17) is 21.1 Å². The van der Waals surface area contributed by atoms with Gasteiger partial charge in [0.25, 0.3) is 10.0 Å².